The molecule has 0 N–H and O–H groups in total. The van der Waals surface area contributed by atoms with Crippen molar-refractivity contribution in [3.05, 3.63) is 34.9 Å². The van der Waals surface area contributed by atoms with E-state index in [4.69, 9.17) is 11.6 Å². The molecule has 2 amide bonds. The van der Waals surface area contributed by atoms with Gasteiger partial charge in [0, 0.05) is 43.2 Å². The average molecular weight is 323 g/mol. The molecule has 4 nitrogen and oxygen atoms in total. The van der Waals surface area contributed by atoms with Crippen molar-refractivity contribution in [2.75, 3.05) is 26.2 Å². The monoisotopic (exact) mass is 322 g/mol. The van der Waals surface area contributed by atoms with Gasteiger partial charge in [-0.25, -0.2) is 0 Å². The van der Waals surface area contributed by atoms with Crippen molar-refractivity contribution in [2.24, 2.45) is 5.92 Å². The second kappa shape index (κ2) is 7.63. The molecule has 1 saturated heterocycles. The van der Waals surface area contributed by atoms with Crippen LogP contribution in [0.1, 0.15) is 37.0 Å². The Bertz CT molecular complexity index is 545. The van der Waals surface area contributed by atoms with Crippen molar-refractivity contribution in [3.63, 3.8) is 0 Å². The van der Waals surface area contributed by atoms with E-state index in [1.54, 1.807) is 24.3 Å². The fourth-order valence-electron chi connectivity index (χ4n) is 2.65. The Hall–Kier alpha value is -1.55. The van der Waals surface area contributed by atoms with E-state index in [1.807, 2.05) is 23.6 Å². The Morgan fingerprint density at radius 1 is 1.14 bits per heavy atom. The highest BCUT2D eigenvalue weighted by Crippen LogP contribution is 2.15. The lowest BCUT2D eigenvalue weighted by atomic mass is 10.1. The molecular weight excluding hydrogens is 300 g/mol. The second-order valence-electron chi connectivity index (χ2n) is 6.13. The quantitative estimate of drug-likeness (QED) is 0.858. The summed E-state index contributed by atoms with van der Waals surface area (Å²) in [7, 11) is 0. The van der Waals surface area contributed by atoms with Crippen LogP contribution in [0, 0.1) is 5.92 Å². The molecule has 22 heavy (non-hydrogen) atoms. The zero-order chi connectivity index (χ0) is 16.1. The van der Waals surface area contributed by atoms with E-state index < -0.39 is 0 Å². The van der Waals surface area contributed by atoms with Gasteiger partial charge in [-0.15, -0.1) is 0 Å². The van der Waals surface area contributed by atoms with E-state index in [0.29, 0.717) is 42.6 Å². The summed E-state index contributed by atoms with van der Waals surface area (Å²) >= 11 is 5.95. The Balaban J connectivity index is 1.98. The minimum absolute atomic E-state index is 0.0133. The summed E-state index contributed by atoms with van der Waals surface area (Å²) in [4.78, 5) is 28.4. The molecule has 0 saturated carbocycles. The van der Waals surface area contributed by atoms with Crippen molar-refractivity contribution in [1.82, 2.24) is 9.80 Å². The van der Waals surface area contributed by atoms with Gasteiger partial charge < -0.3 is 9.80 Å². The molecule has 0 atom stereocenters. The number of benzene rings is 1. The van der Waals surface area contributed by atoms with Gasteiger partial charge in [-0.1, -0.05) is 31.5 Å². The van der Waals surface area contributed by atoms with Gasteiger partial charge in [-0.3, -0.25) is 9.59 Å². The van der Waals surface area contributed by atoms with Crippen LogP contribution in [0.2, 0.25) is 5.02 Å². The SMILES string of the molecule is CC(C)CC(=O)N1CCCN(C(=O)c2cccc(Cl)c2)CC1. The number of amides is 2. The third kappa shape index (κ3) is 4.47. The maximum atomic E-state index is 12.5. The first kappa shape index (κ1) is 16.8. The molecule has 2 rings (SSSR count). The van der Waals surface area contributed by atoms with E-state index in [0.717, 1.165) is 13.0 Å². The van der Waals surface area contributed by atoms with Crippen LogP contribution in [-0.4, -0.2) is 47.8 Å². The Kier molecular flexibility index (Phi) is 5.83. The molecule has 1 aliphatic rings. The zero-order valence-corrected chi connectivity index (χ0v) is 14.0. The molecule has 120 valence electrons. The first-order valence-corrected chi connectivity index (χ1v) is 8.18. The van der Waals surface area contributed by atoms with Crippen molar-refractivity contribution < 1.29 is 9.59 Å². The molecule has 0 unspecified atom stereocenters. The van der Waals surface area contributed by atoms with Crippen LogP contribution < -0.4 is 0 Å². The number of hydrogen-bond acceptors (Lipinski definition) is 2. The summed E-state index contributed by atoms with van der Waals surface area (Å²) in [6.07, 6.45) is 1.39. The average Bonchev–Trinajstić information content (AvgIpc) is 2.71. The fourth-order valence-corrected chi connectivity index (χ4v) is 2.84. The first-order valence-electron chi connectivity index (χ1n) is 7.80. The van der Waals surface area contributed by atoms with Gasteiger partial charge in [0.1, 0.15) is 0 Å². The van der Waals surface area contributed by atoms with E-state index in [1.165, 1.54) is 0 Å². The second-order valence-corrected chi connectivity index (χ2v) is 6.57. The molecule has 0 aliphatic carbocycles. The van der Waals surface area contributed by atoms with E-state index in [2.05, 4.69) is 0 Å². The summed E-state index contributed by atoms with van der Waals surface area (Å²) in [6.45, 7) is 6.68. The molecule has 1 fully saturated rings. The number of carbonyl (C=O) groups excluding carboxylic acids is 2. The van der Waals surface area contributed by atoms with E-state index >= 15 is 0 Å². The maximum absolute atomic E-state index is 12.5. The van der Waals surface area contributed by atoms with E-state index in [-0.39, 0.29) is 11.8 Å². The lowest BCUT2D eigenvalue weighted by Crippen LogP contribution is -2.37. The zero-order valence-electron chi connectivity index (χ0n) is 13.2. The lowest BCUT2D eigenvalue weighted by molar-refractivity contribution is -0.131. The topological polar surface area (TPSA) is 40.6 Å². The molecule has 1 aromatic carbocycles. The highest BCUT2D eigenvalue weighted by atomic mass is 35.5. The van der Waals surface area contributed by atoms with Gasteiger partial charge in [-0.2, -0.15) is 0 Å². The van der Waals surface area contributed by atoms with Gasteiger partial charge in [0.2, 0.25) is 5.91 Å². The number of carbonyl (C=O) groups is 2. The van der Waals surface area contributed by atoms with Gasteiger partial charge >= 0.3 is 0 Å². The maximum Gasteiger partial charge on any atom is 0.253 e. The third-order valence-electron chi connectivity index (χ3n) is 3.79. The molecule has 0 spiro atoms. The van der Waals surface area contributed by atoms with Gasteiger partial charge in [0.25, 0.3) is 5.91 Å². The molecular formula is C17H23ClN2O2. The fraction of sp³-hybridized carbons (Fsp3) is 0.529. The molecule has 5 heteroatoms. The van der Waals surface area contributed by atoms with Crippen LogP contribution in [0.15, 0.2) is 24.3 Å². The van der Waals surface area contributed by atoms with Crippen molar-refractivity contribution in [3.8, 4) is 0 Å². The standard InChI is InChI=1S/C17H23ClN2O2/c1-13(2)11-16(21)19-7-4-8-20(10-9-19)17(22)14-5-3-6-15(18)12-14/h3,5-6,12-13H,4,7-11H2,1-2H3. The van der Waals surface area contributed by atoms with Crippen molar-refractivity contribution >= 4 is 23.4 Å². The summed E-state index contributed by atoms with van der Waals surface area (Å²) in [5.74, 6) is 0.535. The lowest BCUT2D eigenvalue weighted by Gasteiger charge is -2.23. The van der Waals surface area contributed by atoms with Crippen LogP contribution in [0.25, 0.3) is 0 Å². The Morgan fingerprint density at radius 2 is 1.82 bits per heavy atom. The van der Waals surface area contributed by atoms with Crippen LogP contribution in [0.3, 0.4) is 0 Å². The normalized spacial score (nSPS) is 15.8. The Labute approximate surface area is 137 Å². The van der Waals surface area contributed by atoms with Crippen molar-refractivity contribution in [1.29, 1.82) is 0 Å². The highest BCUT2D eigenvalue weighted by Gasteiger charge is 2.23. The van der Waals surface area contributed by atoms with Gasteiger partial charge in [0.05, 0.1) is 0 Å². The number of halogens is 1. The summed E-state index contributed by atoms with van der Waals surface area (Å²) < 4.78 is 0. The molecule has 0 bridgehead atoms. The van der Waals surface area contributed by atoms with Crippen LogP contribution in [-0.2, 0) is 4.79 Å². The van der Waals surface area contributed by atoms with Crippen molar-refractivity contribution in [2.45, 2.75) is 26.7 Å². The van der Waals surface area contributed by atoms with Crippen LogP contribution in [0.5, 0.6) is 0 Å². The van der Waals surface area contributed by atoms with Crippen LogP contribution in [0.4, 0.5) is 0 Å². The minimum atomic E-state index is -0.0133. The van der Waals surface area contributed by atoms with Gasteiger partial charge in [0.15, 0.2) is 0 Å². The molecule has 1 heterocycles. The molecule has 0 aromatic heterocycles. The summed E-state index contributed by atoms with van der Waals surface area (Å²) in [5.41, 5.74) is 0.606. The molecule has 0 radical (unpaired) electrons. The predicted molar refractivity (Wildman–Crippen MR) is 88.0 cm³/mol. The number of nitrogens with zero attached hydrogens (tertiary/aromatic N) is 2. The highest BCUT2D eigenvalue weighted by molar-refractivity contribution is 6.30. The van der Waals surface area contributed by atoms with Crippen LogP contribution >= 0.6 is 11.6 Å². The molecule has 1 aromatic rings. The van der Waals surface area contributed by atoms with E-state index in [9.17, 15) is 9.59 Å². The molecule has 1 aliphatic heterocycles. The number of hydrogen-bond donors (Lipinski definition) is 0. The summed E-state index contributed by atoms with van der Waals surface area (Å²) in [6, 6.07) is 7.01. The predicted octanol–water partition coefficient (Wildman–Crippen LogP) is 3.06. The van der Waals surface area contributed by atoms with Gasteiger partial charge in [-0.05, 0) is 30.5 Å². The Morgan fingerprint density at radius 3 is 2.50 bits per heavy atom. The minimum Gasteiger partial charge on any atom is -0.341 e. The smallest absolute Gasteiger partial charge is 0.253 e. The largest absolute Gasteiger partial charge is 0.341 e. The first-order chi connectivity index (χ1) is 10.5. The number of rotatable bonds is 3. The third-order valence-corrected chi connectivity index (χ3v) is 4.03. The summed E-state index contributed by atoms with van der Waals surface area (Å²) in [5, 5.41) is 0.564.